The molecule has 0 heterocycles. The van der Waals surface area contributed by atoms with Crippen LogP contribution in [0.3, 0.4) is 0 Å². The summed E-state index contributed by atoms with van der Waals surface area (Å²) < 4.78 is 0. The fourth-order valence-electron chi connectivity index (χ4n) is 1.92. The minimum absolute atomic E-state index is 0.00571. The van der Waals surface area contributed by atoms with Crippen molar-refractivity contribution in [3.8, 4) is 0 Å². The van der Waals surface area contributed by atoms with Crippen LogP contribution in [0.2, 0.25) is 0 Å². The second kappa shape index (κ2) is 6.75. The molecule has 2 rings (SSSR count). The molecule has 0 unspecified atom stereocenters. The summed E-state index contributed by atoms with van der Waals surface area (Å²) in [5.74, 6) is -0.00571. The third-order valence-corrected chi connectivity index (χ3v) is 3.24. The van der Waals surface area contributed by atoms with E-state index in [1.54, 1.807) is 0 Å². The Hall–Kier alpha value is -2.29. The standard InChI is InChI=1S/C17H20N2O/c1-13-7-9-16(10-8-13)18-12-17(20)19-11-15-6-4-3-5-14(15)2/h3-10,18H,11-12H2,1-2H3,(H,19,20). The van der Waals surface area contributed by atoms with E-state index in [-0.39, 0.29) is 12.5 Å². The van der Waals surface area contributed by atoms with Gasteiger partial charge in [0.15, 0.2) is 0 Å². The van der Waals surface area contributed by atoms with Gasteiger partial charge in [0.25, 0.3) is 0 Å². The lowest BCUT2D eigenvalue weighted by Gasteiger charge is -2.09. The largest absolute Gasteiger partial charge is 0.376 e. The molecule has 0 atom stereocenters. The van der Waals surface area contributed by atoms with Gasteiger partial charge in [-0.15, -0.1) is 0 Å². The summed E-state index contributed by atoms with van der Waals surface area (Å²) in [6, 6.07) is 16.1. The molecule has 2 aromatic rings. The van der Waals surface area contributed by atoms with Crippen LogP contribution >= 0.6 is 0 Å². The molecule has 0 fully saturated rings. The molecule has 0 bridgehead atoms. The molecule has 2 aromatic carbocycles. The average molecular weight is 268 g/mol. The molecule has 0 radical (unpaired) electrons. The van der Waals surface area contributed by atoms with Crippen molar-refractivity contribution in [1.29, 1.82) is 0 Å². The van der Waals surface area contributed by atoms with Crippen molar-refractivity contribution < 1.29 is 4.79 Å². The minimum atomic E-state index is -0.00571. The number of benzene rings is 2. The van der Waals surface area contributed by atoms with Gasteiger partial charge in [-0.2, -0.15) is 0 Å². The highest BCUT2D eigenvalue weighted by molar-refractivity contribution is 5.80. The van der Waals surface area contributed by atoms with Gasteiger partial charge in [-0.3, -0.25) is 4.79 Å². The van der Waals surface area contributed by atoms with Crippen LogP contribution in [-0.2, 0) is 11.3 Å². The van der Waals surface area contributed by atoms with Crippen molar-refractivity contribution in [1.82, 2.24) is 5.32 Å². The Morgan fingerprint density at radius 1 is 1.00 bits per heavy atom. The van der Waals surface area contributed by atoms with Crippen molar-refractivity contribution in [3.05, 3.63) is 65.2 Å². The monoisotopic (exact) mass is 268 g/mol. The van der Waals surface area contributed by atoms with Crippen LogP contribution in [0.15, 0.2) is 48.5 Å². The van der Waals surface area contributed by atoms with Crippen LogP contribution < -0.4 is 10.6 Å². The van der Waals surface area contributed by atoms with Gasteiger partial charge in [-0.05, 0) is 37.1 Å². The number of amides is 1. The van der Waals surface area contributed by atoms with E-state index in [1.807, 2.05) is 62.4 Å². The third kappa shape index (κ3) is 4.12. The third-order valence-electron chi connectivity index (χ3n) is 3.24. The highest BCUT2D eigenvalue weighted by atomic mass is 16.1. The van der Waals surface area contributed by atoms with Crippen LogP contribution in [0, 0.1) is 13.8 Å². The Morgan fingerprint density at radius 3 is 2.40 bits per heavy atom. The van der Waals surface area contributed by atoms with Gasteiger partial charge in [0.2, 0.25) is 5.91 Å². The van der Waals surface area contributed by atoms with Gasteiger partial charge in [0.1, 0.15) is 0 Å². The Labute approximate surface area is 120 Å². The molecule has 0 aliphatic carbocycles. The lowest BCUT2D eigenvalue weighted by atomic mass is 10.1. The van der Waals surface area contributed by atoms with Crippen LogP contribution in [0.5, 0.6) is 0 Å². The number of hydrogen-bond donors (Lipinski definition) is 2. The van der Waals surface area contributed by atoms with E-state index in [2.05, 4.69) is 10.6 Å². The van der Waals surface area contributed by atoms with E-state index >= 15 is 0 Å². The summed E-state index contributed by atoms with van der Waals surface area (Å²) in [6.07, 6.45) is 0. The van der Waals surface area contributed by atoms with Crippen LogP contribution in [0.4, 0.5) is 5.69 Å². The Balaban J connectivity index is 1.78. The first kappa shape index (κ1) is 14.1. The summed E-state index contributed by atoms with van der Waals surface area (Å²) in [5, 5.41) is 6.03. The molecular formula is C17H20N2O. The number of nitrogens with one attached hydrogen (secondary N) is 2. The first-order chi connectivity index (χ1) is 9.65. The van der Waals surface area contributed by atoms with Crippen molar-refractivity contribution in [2.75, 3.05) is 11.9 Å². The van der Waals surface area contributed by atoms with E-state index in [9.17, 15) is 4.79 Å². The molecule has 3 nitrogen and oxygen atoms in total. The van der Waals surface area contributed by atoms with Gasteiger partial charge in [-0.25, -0.2) is 0 Å². The molecule has 2 N–H and O–H groups in total. The predicted octanol–water partition coefficient (Wildman–Crippen LogP) is 3.03. The molecular weight excluding hydrogens is 248 g/mol. The van der Waals surface area contributed by atoms with Gasteiger partial charge in [-0.1, -0.05) is 42.0 Å². The van der Waals surface area contributed by atoms with Gasteiger partial charge < -0.3 is 10.6 Å². The normalized spacial score (nSPS) is 10.1. The number of carbonyl (C=O) groups excluding carboxylic acids is 1. The van der Waals surface area contributed by atoms with Crippen LogP contribution in [0.1, 0.15) is 16.7 Å². The lowest BCUT2D eigenvalue weighted by Crippen LogP contribution is -2.29. The van der Waals surface area contributed by atoms with E-state index in [0.29, 0.717) is 6.54 Å². The number of anilines is 1. The summed E-state index contributed by atoms with van der Waals surface area (Å²) in [5.41, 5.74) is 4.51. The molecule has 1 amide bonds. The molecule has 0 aliphatic heterocycles. The average Bonchev–Trinajstić information content (AvgIpc) is 2.46. The van der Waals surface area contributed by atoms with E-state index in [1.165, 1.54) is 11.1 Å². The number of aryl methyl sites for hydroxylation is 2. The molecule has 0 aliphatic rings. The smallest absolute Gasteiger partial charge is 0.239 e. The summed E-state index contributed by atoms with van der Waals surface area (Å²) >= 11 is 0. The zero-order valence-electron chi connectivity index (χ0n) is 11.9. The first-order valence-electron chi connectivity index (χ1n) is 6.77. The molecule has 104 valence electrons. The molecule has 0 saturated heterocycles. The van der Waals surface area contributed by atoms with Crippen molar-refractivity contribution in [2.24, 2.45) is 0 Å². The first-order valence-corrected chi connectivity index (χ1v) is 6.77. The zero-order chi connectivity index (χ0) is 14.4. The summed E-state index contributed by atoms with van der Waals surface area (Å²) in [6.45, 7) is 4.95. The van der Waals surface area contributed by atoms with Crippen molar-refractivity contribution in [2.45, 2.75) is 20.4 Å². The minimum Gasteiger partial charge on any atom is -0.376 e. The Kier molecular flexibility index (Phi) is 4.77. The van der Waals surface area contributed by atoms with E-state index in [4.69, 9.17) is 0 Å². The number of carbonyl (C=O) groups is 1. The SMILES string of the molecule is Cc1ccc(NCC(=O)NCc2ccccc2C)cc1. The fourth-order valence-corrected chi connectivity index (χ4v) is 1.92. The van der Waals surface area contributed by atoms with Crippen molar-refractivity contribution in [3.63, 3.8) is 0 Å². The molecule has 0 saturated carbocycles. The predicted molar refractivity (Wildman–Crippen MR) is 82.7 cm³/mol. The highest BCUT2D eigenvalue weighted by Gasteiger charge is 2.02. The quantitative estimate of drug-likeness (QED) is 0.875. The van der Waals surface area contributed by atoms with Crippen LogP contribution in [0.25, 0.3) is 0 Å². The second-order valence-corrected chi connectivity index (χ2v) is 4.92. The molecule has 0 spiro atoms. The second-order valence-electron chi connectivity index (χ2n) is 4.92. The maximum Gasteiger partial charge on any atom is 0.239 e. The number of rotatable bonds is 5. The Bertz CT molecular complexity index is 576. The summed E-state index contributed by atoms with van der Waals surface area (Å²) in [7, 11) is 0. The van der Waals surface area contributed by atoms with E-state index < -0.39 is 0 Å². The lowest BCUT2D eigenvalue weighted by molar-refractivity contribution is -0.119. The van der Waals surface area contributed by atoms with Gasteiger partial charge in [0.05, 0.1) is 6.54 Å². The molecule has 20 heavy (non-hydrogen) atoms. The van der Waals surface area contributed by atoms with E-state index in [0.717, 1.165) is 11.3 Å². The fraction of sp³-hybridized carbons (Fsp3) is 0.235. The number of hydrogen-bond acceptors (Lipinski definition) is 2. The highest BCUT2D eigenvalue weighted by Crippen LogP contribution is 2.08. The van der Waals surface area contributed by atoms with Crippen LogP contribution in [-0.4, -0.2) is 12.5 Å². The Morgan fingerprint density at radius 2 is 1.70 bits per heavy atom. The topological polar surface area (TPSA) is 41.1 Å². The zero-order valence-corrected chi connectivity index (χ0v) is 11.9. The van der Waals surface area contributed by atoms with Crippen molar-refractivity contribution >= 4 is 11.6 Å². The summed E-state index contributed by atoms with van der Waals surface area (Å²) in [4.78, 5) is 11.8. The molecule has 3 heteroatoms. The maximum atomic E-state index is 11.8. The van der Waals surface area contributed by atoms with Gasteiger partial charge in [0, 0.05) is 12.2 Å². The molecule has 0 aromatic heterocycles. The van der Waals surface area contributed by atoms with Gasteiger partial charge >= 0.3 is 0 Å². The maximum absolute atomic E-state index is 11.8.